The maximum absolute atomic E-state index is 12.5. The maximum atomic E-state index is 12.5. The largest absolute Gasteiger partial charge is 0.457 e. The second kappa shape index (κ2) is 14.3. The molecule has 6 atom stereocenters. The highest BCUT2D eigenvalue weighted by atomic mass is 16.6. The molecule has 2 N–H and O–H groups in total. The second-order valence-electron chi connectivity index (χ2n) is 10.5. The van der Waals surface area contributed by atoms with E-state index >= 15 is 0 Å². The fourth-order valence-corrected chi connectivity index (χ4v) is 4.37. The molecule has 2 aliphatic rings. The minimum atomic E-state index is -1.41. The predicted molar refractivity (Wildman–Crippen MR) is 138 cm³/mol. The van der Waals surface area contributed by atoms with Gasteiger partial charge in [0.2, 0.25) is 0 Å². The van der Waals surface area contributed by atoms with Crippen LogP contribution >= 0.6 is 0 Å². The molecule has 2 rings (SSSR count). The van der Waals surface area contributed by atoms with E-state index < -0.39 is 35.9 Å². The topological polar surface area (TPSA) is 123 Å². The van der Waals surface area contributed by atoms with Gasteiger partial charge in [0, 0.05) is 31.8 Å². The number of nitrogens with zero attached hydrogens (tertiary/aromatic N) is 1. The van der Waals surface area contributed by atoms with Crippen LogP contribution in [0.2, 0.25) is 0 Å². The third-order valence-corrected chi connectivity index (χ3v) is 6.70. The van der Waals surface area contributed by atoms with E-state index in [2.05, 4.69) is 0 Å². The van der Waals surface area contributed by atoms with Crippen molar-refractivity contribution in [3.8, 4) is 0 Å². The summed E-state index contributed by atoms with van der Waals surface area (Å²) in [4.78, 5) is 38.0. The Morgan fingerprint density at radius 3 is 2.59 bits per heavy atom. The number of carbonyl (C=O) groups is 3. The quantitative estimate of drug-likeness (QED) is 0.235. The SMILES string of the molecule is CC(=O)O[C@H]1/C=C\[C@H](C)[C@@H](/C(C)=C/C=C/[C@@H](C)COC(=O)N2CCCC2)OC(=O)C[C@H](O)CC[C@@]1(C)O. The first-order chi connectivity index (χ1) is 17.4. The maximum Gasteiger partial charge on any atom is 0.409 e. The number of aliphatic hydroxyl groups excluding tert-OH is 1. The van der Waals surface area contributed by atoms with Crippen molar-refractivity contribution in [2.75, 3.05) is 19.7 Å². The van der Waals surface area contributed by atoms with E-state index in [1.54, 1.807) is 24.0 Å². The molecule has 0 saturated carbocycles. The van der Waals surface area contributed by atoms with Crippen molar-refractivity contribution in [1.29, 1.82) is 0 Å². The smallest absolute Gasteiger partial charge is 0.409 e. The molecule has 1 saturated heterocycles. The molecule has 0 spiro atoms. The highest BCUT2D eigenvalue weighted by Crippen LogP contribution is 2.27. The van der Waals surface area contributed by atoms with Crippen LogP contribution in [0.15, 0.2) is 36.0 Å². The number of allylic oxidation sites excluding steroid dienone is 2. The third kappa shape index (κ3) is 10.3. The van der Waals surface area contributed by atoms with Crippen molar-refractivity contribution in [2.24, 2.45) is 11.8 Å². The zero-order chi connectivity index (χ0) is 27.6. The number of carbonyl (C=O) groups excluding carboxylic acids is 3. The molecule has 0 aromatic heterocycles. The first-order valence-electron chi connectivity index (χ1n) is 13.1. The molecule has 0 aliphatic carbocycles. The van der Waals surface area contributed by atoms with Gasteiger partial charge in [-0.1, -0.05) is 38.2 Å². The summed E-state index contributed by atoms with van der Waals surface area (Å²) in [5.74, 6) is -1.38. The van der Waals surface area contributed by atoms with Gasteiger partial charge in [-0.15, -0.1) is 0 Å². The van der Waals surface area contributed by atoms with Gasteiger partial charge >= 0.3 is 18.0 Å². The summed E-state index contributed by atoms with van der Waals surface area (Å²) < 4.78 is 16.5. The average Bonchev–Trinajstić information content (AvgIpc) is 3.36. The number of aliphatic hydroxyl groups is 2. The number of rotatable bonds is 6. The van der Waals surface area contributed by atoms with Crippen LogP contribution in [-0.4, -0.2) is 76.8 Å². The molecule has 0 radical (unpaired) electrons. The third-order valence-electron chi connectivity index (χ3n) is 6.70. The van der Waals surface area contributed by atoms with Gasteiger partial charge in [-0.25, -0.2) is 4.79 Å². The van der Waals surface area contributed by atoms with E-state index in [9.17, 15) is 24.6 Å². The van der Waals surface area contributed by atoms with Crippen LogP contribution in [-0.2, 0) is 23.8 Å². The van der Waals surface area contributed by atoms with Crippen LogP contribution in [0.3, 0.4) is 0 Å². The van der Waals surface area contributed by atoms with Crippen LogP contribution in [0, 0.1) is 11.8 Å². The minimum Gasteiger partial charge on any atom is -0.457 e. The number of hydrogen-bond donors (Lipinski definition) is 2. The van der Waals surface area contributed by atoms with Crippen molar-refractivity contribution in [1.82, 2.24) is 4.90 Å². The molecule has 9 heteroatoms. The summed E-state index contributed by atoms with van der Waals surface area (Å²) >= 11 is 0. The molecule has 9 nitrogen and oxygen atoms in total. The number of esters is 2. The lowest BCUT2D eigenvalue weighted by molar-refractivity contribution is -0.157. The Balaban J connectivity index is 2.12. The van der Waals surface area contributed by atoms with Crippen LogP contribution in [0.5, 0.6) is 0 Å². The molecule has 0 aromatic carbocycles. The standard InChI is InChI=1S/C28H43NO8/c1-19(18-35-27(33)29-15-6-7-16-29)9-8-10-20(2)26-21(3)11-12-24(36-22(4)30)28(5,34)14-13-23(31)17-25(32)37-26/h8-12,19,21,23-24,26,31,34H,6-7,13-18H2,1-5H3/b9-8+,12-11-,20-10+/t19-,21+,23-,24+,26-,28-/m1/s1. The minimum absolute atomic E-state index is 0.00588. The highest BCUT2D eigenvalue weighted by Gasteiger charge is 2.35. The van der Waals surface area contributed by atoms with E-state index in [-0.39, 0.29) is 43.8 Å². The lowest BCUT2D eigenvalue weighted by atomic mass is 9.88. The summed E-state index contributed by atoms with van der Waals surface area (Å²) in [5, 5.41) is 21.2. The van der Waals surface area contributed by atoms with Gasteiger partial charge in [0.05, 0.1) is 19.1 Å². The molecule has 0 bridgehead atoms. The number of amides is 1. The predicted octanol–water partition coefficient (Wildman–Crippen LogP) is 3.69. The summed E-state index contributed by atoms with van der Waals surface area (Å²) in [6, 6.07) is 0. The summed E-state index contributed by atoms with van der Waals surface area (Å²) in [7, 11) is 0. The van der Waals surface area contributed by atoms with E-state index in [4.69, 9.17) is 14.2 Å². The molecule has 1 fully saturated rings. The number of cyclic esters (lactones) is 1. The number of likely N-dealkylation sites (tertiary alicyclic amines) is 1. The van der Waals surface area contributed by atoms with E-state index in [0.29, 0.717) is 0 Å². The first kappa shape index (κ1) is 30.6. The molecular formula is C28H43NO8. The van der Waals surface area contributed by atoms with Gasteiger partial charge in [-0.3, -0.25) is 9.59 Å². The van der Waals surface area contributed by atoms with Crippen molar-refractivity contribution < 1.29 is 38.8 Å². The van der Waals surface area contributed by atoms with Gasteiger partial charge in [0.25, 0.3) is 0 Å². The molecule has 0 unspecified atom stereocenters. The van der Waals surface area contributed by atoms with Gasteiger partial charge in [0.15, 0.2) is 0 Å². The van der Waals surface area contributed by atoms with E-state index in [1.165, 1.54) is 6.92 Å². The molecule has 2 heterocycles. The van der Waals surface area contributed by atoms with Gasteiger partial charge in [-0.05, 0) is 51.2 Å². The fourth-order valence-electron chi connectivity index (χ4n) is 4.37. The molecule has 1 amide bonds. The monoisotopic (exact) mass is 521 g/mol. The molecule has 208 valence electrons. The van der Waals surface area contributed by atoms with Gasteiger partial charge in [0.1, 0.15) is 17.8 Å². The van der Waals surface area contributed by atoms with E-state index in [0.717, 1.165) is 31.5 Å². The number of ether oxygens (including phenoxy) is 3. The molecule has 37 heavy (non-hydrogen) atoms. The lowest BCUT2D eigenvalue weighted by Crippen LogP contribution is -2.42. The normalized spacial score (nSPS) is 31.7. The van der Waals surface area contributed by atoms with Gasteiger partial charge in [-0.2, -0.15) is 0 Å². The molecule has 2 aliphatic heterocycles. The Kier molecular flexibility index (Phi) is 11.8. The van der Waals surface area contributed by atoms with Crippen molar-refractivity contribution >= 4 is 18.0 Å². The van der Waals surface area contributed by atoms with Crippen LogP contribution in [0.4, 0.5) is 4.79 Å². The molecular weight excluding hydrogens is 478 g/mol. The summed E-state index contributed by atoms with van der Waals surface area (Å²) in [6.45, 7) is 10.2. The summed E-state index contributed by atoms with van der Waals surface area (Å²) in [5.41, 5.74) is -0.644. The lowest BCUT2D eigenvalue weighted by Gasteiger charge is -2.32. The van der Waals surface area contributed by atoms with Crippen molar-refractivity contribution in [3.05, 3.63) is 36.0 Å². The highest BCUT2D eigenvalue weighted by molar-refractivity contribution is 5.70. The van der Waals surface area contributed by atoms with Crippen molar-refractivity contribution in [3.63, 3.8) is 0 Å². The van der Waals surface area contributed by atoms with Crippen LogP contribution in [0.25, 0.3) is 0 Å². The second-order valence-corrected chi connectivity index (χ2v) is 10.5. The Morgan fingerprint density at radius 2 is 1.95 bits per heavy atom. The zero-order valence-corrected chi connectivity index (χ0v) is 22.7. The Bertz CT molecular complexity index is 871. The van der Waals surface area contributed by atoms with Gasteiger partial charge < -0.3 is 29.3 Å². The summed E-state index contributed by atoms with van der Waals surface area (Å²) in [6.07, 6.45) is 8.24. The van der Waals surface area contributed by atoms with E-state index in [1.807, 2.05) is 39.0 Å². The Hall–Kier alpha value is -2.65. The van der Waals surface area contributed by atoms with Crippen LogP contribution in [0.1, 0.15) is 66.7 Å². The first-order valence-corrected chi connectivity index (χ1v) is 13.1. The molecule has 0 aromatic rings. The Labute approximate surface area is 220 Å². The zero-order valence-electron chi connectivity index (χ0n) is 22.7. The van der Waals surface area contributed by atoms with Crippen molar-refractivity contribution in [2.45, 2.75) is 90.6 Å². The fraction of sp³-hybridized carbons (Fsp3) is 0.679. The average molecular weight is 522 g/mol. The van der Waals surface area contributed by atoms with Crippen LogP contribution < -0.4 is 0 Å². The number of hydrogen-bond acceptors (Lipinski definition) is 8. The Morgan fingerprint density at radius 1 is 1.27 bits per heavy atom.